The quantitative estimate of drug-likeness (QED) is 0.689. The molecule has 0 aromatic heterocycles. The first kappa shape index (κ1) is 17.5. The van der Waals surface area contributed by atoms with Crippen molar-refractivity contribution >= 4 is 5.97 Å². The van der Waals surface area contributed by atoms with Crippen LogP contribution in [0.15, 0.2) is 24.3 Å². The van der Waals surface area contributed by atoms with E-state index < -0.39 is 0 Å². The molecule has 5 unspecified atom stereocenters. The number of hydrogen-bond donors (Lipinski definition) is 0. The van der Waals surface area contributed by atoms with Crippen molar-refractivity contribution < 1.29 is 9.53 Å². The summed E-state index contributed by atoms with van der Waals surface area (Å²) in [6.45, 7) is 4.26. The number of rotatable bonds is 6. The first-order valence-electron chi connectivity index (χ1n) is 11.7. The molecule has 7 rings (SSSR count). The van der Waals surface area contributed by atoms with Crippen LogP contribution in [0.4, 0.5) is 0 Å². The number of hydrogen-bond acceptors (Lipinski definition) is 3. The minimum absolute atomic E-state index is 0.101. The van der Waals surface area contributed by atoms with E-state index >= 15 is 0 Å². The van der Waals surface area contributed by atoms with Gasteiger partial charge in [-0.25, -0.2) is 0 Å². The second-order valence-corrected chi connectivity index (χ2v) is 10.4. The summed E-state index contributed by atoms with van der Waals surface area (Å²) in [5.74, 6) is 2.34. The highest BCUT2D eigenvalue weighted by Crippen LogP contribution is 2.60. The summed E-state index contributed by atoms with van der Waals surface area (Å²) in [7, 11) is 0. The zero-order valence-corrected chi connectivity index (χ0v) is 17.1. The van der Waals surface area contributed by atoms with E-state index in [0.29, 0.717) is 30.5 Å². The molecule has 5 fully saturated rings. The van der Waals surface area contributed by atoms with Gasteiger partial charge in [-0.2, -0.15) is 0 Å². The predicted octanol–water partition coefficient (Wildman–Crippen LogP) is 4.33. The molecular formula is C25H33NO2. The van der Waals surface area contributed by atoms with Crippen LogP contribution in [0.2, 0.25) is 0 Å². The summed E-state index contributed by atoms with van der Waals surface area (Å²) in [6.07, 6.45) is 9.82. The average molecular weight is 380 g/mol. The lowest BCUT2D eigenvalue weighted by Crippen LogP contribution is -2.70. The Morgan fingerprint density at radius 1 is 1.14 bits per heavy atom. The van der Waals surface area contributed by atoms with Gasteiger partial charge >= 0.3 is 5.97 Å². The Morgan fingerprint density at radius 3 is 2.68 bits per heavy atom. The highest BCUT2D eigenvalue weighted by molar-refractivity contribution is 5.74. The molecule has 3 saturated carbocycles. The Balaban J connectivity index is 1.35. The minimum atomic E-state index is 0.101. The number of carbonyl (C=O) groups is 1. The van der Waals surface area contributed by atoms with E-state index in [9.17, 15) is 4.79 Å². The molecule has 28 heavy (non-hydrogen) atoms. The molecule has 2 aliphatic heterocycles. The maximum Gasteiger partial charge on any atom is 0.310 e. The van der Waals surface area contributed by atoms with E-state index in [-0.39, 0.29) is 17.3 Å². The minimum Gasteiger partial charge on any atom is -0.465 e. The van der Waals surface area contributed by atoms with Crippen LogP contribution < -0.4 is 0 Å². The molecule has 2 saturated heterocycles. The van der Waals surface area contributed by atoms with E-state index in [4.69, 9.17) is 4.74 Å². The van der Waals surface area contributed by atoms with Crippen molar-refractivity contribution in [2.45, 2.75) is 75.8 Å². The lowest BCUT2D eigenvalue weighted by atomic mass is 9.48. The normalized spacial score (nSPS) is 38.9. The van der Waals surface area contributed by atoms with Crippen molar-refractivity contribution in [2.24, 2.45) is 23.7 Å². The van der Waals surface area contributed by atoms with Crippen LogP contribution in [0.5, 0.6) is 0 Å². The second kappa shape index (κ2) is 6.32. The van der Waals surface area contributed by atoms with Gasteiger partial charge in [0, 0.05) is 24.0 Å². The Labute approximate surface area is 168 Å². The molecule has 0 radical (unpaired) electrons. The Kier molecular flexibility index (Phi) is 3.95. The van der Waals surface area contributed by atoms with Gasteiger partial charge < -0.3 is 4.74 Å². The van der Waals surface area contributed by atoms with Crippen LogP contribution in [0, 0.1) is 23.7 Å². The van der Waals surface area contributed by atoms with Gasteiger partial charge in [-0.3, -0.25) is 9.69 Å². The first-order chi connectivity index (χ1) is 13.7. The van der Waals surface area contributed by atoms with E-state index in [1.807, 2.05) is 0 Å². The third-order valence-electron chi connectivity index (χ3n) is 8.81. The van der Waals surface area contributed by atoms with Crippen molar-refractivity contribution in [3.63, 3.8) is 0 Å². The van der Waals surface area contributed by atoms with Crippen molar-refractivity contribution in [1.82, 2.24) is 4.90 Å². The maximum atomic E-state index is 13.1. The van der Waals surface area contributed by atoms with Crippen LogP contribution in [0.1, 0.15) is 63.0 Å². The van der Waals surface area contributed by atoms with Crippen molar-refractivity contribution in [3.05, 3.63) is 35.4 Å². The molecule has 1 aromatic rings. The van der Waals surface area contributed by atoms with Gasteiger partial charge in [-0.15, -0.1) is 0 Å². The zero-order chi connectivity index (χ0) is 18.9. The zero-order valence-electron chi connectivity index (χ0n) is 17.1. The molecule has 5 atom stereocenters. The van der Waals surface area contributed by atoms with Crippen molar-refractivity contribution in [2.75, 3.05) is 13.2 Å². The Hall–Kier alpha value is -1.35. The second-order valence-electron chi connectivity index (χ2n) is 10.4. The van der Waals surface area contributed by atoms with Gasteiger partial charge in [0.2, 0.25) is 0 Å². The number of esters is 1. The monoisotopic (exact) mass is 379 g/mol. The standard InChI is InChI=1S/C25H33NO2/c1-2-25-13-23-19(24(27)28-15-17-9-10-17)12-21(25)22(26(23)14-16-7-8-16)11-18-5-3-4-6-20(18)25/h3-6,16-17,19,21-23H,2,7-15H2,1H3. The van der Waals surface area contributed by atoms with Crippen LogP contribution >= 0.6 is 0 Å². The molecule has 4 bridgehead atoms. The predicted molar refractivity (Wildman–Crippen MR) is 109 cm³/mol. The topological polar surface area (TPSA) is 29.5 Å². The molecular weight excluding hydrogens is 346 g/mol. The lowest BCUT2D eigenvalue weighted by molar-refractivity contribution is -0.168. The summed E-state index contributed by atoms with van der Waals surface area (Å²) in [4.78, 5) is 15.9. The fourth-order valence-electron chi connectivity index (χ4n) is 6.96. The molecule has 4 aliphatic carbocycles. The van der Waals surface area contributed by atoms with Gasteiger partial charge in [0.1, 0.15) is 0 Å². The van der Waals surface area contributed by atoms with Gasteiger partial charge in [-0.05, 0) is 80.2 Å². The number of carbonyl (C=O) groups excluding carboxylic acids is 1. The number of piperidine rings is 2. The fourth-order valence-corrected chi connectivity index (χ4v) is 6.96. The molecule has 3 nitrogen and oxygen atoms in total. The Bertz CT molecular complexity index is 783. The number of fused-ring (bicyclic) bond motifs is 2. The van der Waals surface area contributed by atoms with Crippen LogP contribution in [-0.2, 0) is 21.4 Å². The van der Waals surface area contributed by atoms with Crippen LogP contribution in [0.3, 0.4) is 0 Å². The van der Waals surface area contributed by atoms with E-state index in [1.54, 1.807) is 11.1 Å². The SMILES string of the molecule is CCC12CC3C(C(=O)OCC4CC4)CC1C(Cc1ccccc12)N3CC1CC1. The molecule has 3 heteroatoms. The summed E-state index contributed by atoms with van der Waals surface area (Å²) in [5.41, 5.74) is 3.44. The van der Waals surface area contributed by atoms with Gasteiger partial charge in [0.15, 0.2) is 0 Å². The third kappa shape index (κ3) is 2.61. The average Bonchev–Trinajstić information content (AvgIpc) is 3.63. The highest BCUT2D eigenvalue weighted by Gasteiger charge is 2.62. The van der Waals surface area contributed by atoms with Gasteiger partial charge in [0.25, 0.3) is 0 Å². The van der Waals surface area contributed by atoms with Crippen molar-refractivity contribution in [1.29, 1.82) is 0 Å². The van der Waals surface area contributed by atoms with Crippen molar-refractivity contribution in [3.8, 4) is 0 Å². The lowest BCUT2D eigenvalue weighted by Gasteiger charge is -2.65. The van der Waals surface area contributed by atoms with Crippen LogP contribution in [0.25, 0.3) is 0 Å². The number of benzene rings is 1. The molecule has 150 valence electrons. The summed E-state index contributed by atoms with van der Waals surface area (Å²) in [6, 6.07) is 10.2. The third-order valence-corrected chi connectivity index (χ3v) is 8.81. The maximum absolute atomic E-state index is 13.1. The van der Waals surface area contributed by atoms with E-state index in [2.05, 4.69) is 36.1 Å². The molecule has 1 aromatic carbocycles. The van der Waals surface area contributed by atoms with Gasteiger partial charge in [0.05, 0.1) is 12.5 Å². The van der Waals surface area contributed by atoms with E-state index in [0.717, 1.165) is 18.8 Å². The molecule has 0 N–H and O–H groups in total. The highest BCUT2D eigenvalue weighted by atomic mass is 16.5. The first-order valence-corrected chi connectivity index (χ1v) is 11.7. The number of nitrogens with zero attached hydrogens (tertiary/aromatic N) is 1. The smallest absolute Gasteiger partial charge is 0.310 e. The molecule has 0 spiro atoms. The number of ether oxygens (including phenoxy) is 1. The summed E-state index contributed by atoms with van der Waals surface area (Å²) >= 11 is 0. The van der Waals surface area contributed by atoms with E-state index in [1.165, 1.54) is 45.1 Å². The summed E-state index contributed by atoms with van der Waals surface area (Å²) in [5, 5.41) is 0. The molecule has 0 amide bonds. The Morgan fingerprint density at radius 2 is 1.93 bits per heavy atom. The molecule has 2 heterocycles. The molecule has 6 aliphatic rings. The summed E-state index contributed by atoms with van der Waals surface area (Å²) < 4.78 is 5.82. The fraction of sp³-hybridized carbons (Fsp3) is 0.720. The van der Waals surface area contributed by atoms with Gasteiger partial charge in [-0.1, -0.05) is 31.2 Å². The van der Waals surface area contributed by atoms with Crippen LogP contribution in [-0.4, -0.2) is 36.1 Å². The largest absolute Gasteiger partial charge is 0.465 e.